The summed E-state index contributed by atoms with van der Waals surface area (Å²) in [5.41, 5.74) is 1.23. The monoisotopic (exact) mass is 168 g/mol. The van der Waals surface area contributed by atoms with Crippen LogP contribution in [0, 0.1) is 0 Å². The molecule has 4 nitrogen and oxygen atoms in total. The summed E-state index contributed by atoms with van der Waals surface area (Å²) in [5, 5.41) is 0. The highest BCUT2D eigenvalue weighted by atomic mass is 16.5. The molecule has 1 rings (SSSR count). The van der Waals surface area contributed by atoms with Crippen molar-refractivity contribution in [3.05, 3.63) is 17.7 Å². The number of nitrogens with one attached hydrogen (secondary N) is 1. The van der Waals surface area contributed by atoms with Crippen molar-refractivity contribution in [3.8, 4) is 0 Å². The molecule has 4 heteroatoms. The molecule has 1 heterocycles. The molecule has 0 aliphatic carbocycles. The van der Waals surface area contributed by atoms with Crippen LogP contribution in [0.3, 0.4) is 0 Å². The third-order valence-electron chi connectivity index (χ3n) is 1.54. The third-order valence-corrected chi connectivity index (χ3v) is 1.54. The van der Waals surface area contributed by atoms with Crippen LogP contribution < -0.4 is 0 Å². The molecule has 12 heavy (non-hydrogen) atoms. The number of aryl methyl sites for hydroxylation is 1. The smallest absolute Gasteiger partial charge is 0.358 e. The fourth-order valence-corrected chi connectivity index (χ4v) is 0.966. The first-order valence-corrected chi connectivity index (χ1v) is 3.99. The lowest BCUT2D eigenvalue weighted by Crippen LogP contribution is -2.07. The molecule has 66 valence electrons. The number of ether oxygens (including phenoxy) is 1. The molecule has 1 N–H and O–H groups in total. The molecular formula is C8H12N2O2. The van der Waals surface area contributed by atoms with Crippen LogP contribution in [0.25, 0.3) is 0 Å². The first kappa shape index (κ1) is 8.77. The number of aromatic nitrogens is 2. The van der Waals surface area contributed by atoms with E-state index in [1.807, 2.05) is 6.92 Å². The average molecular weight is 168 g/mol. The van der Waals surface area contributed by atoms with Crippen molar-refractivity contribution in [1.82, 2.24) is 9.97 Å². The van der Waals surface area contributed by atoms with Gasteiger partial charge in [0, 0.05) is 5.69 Å². The Morgan fingerprint density at radius 1 is 1.67 bits per heavy atom. The van der Waals surface area contributed by atoms with Gasteiger partial charge < -0.3 is 9.72 Å². The maximum absolute atomic E-state index is 11.2. The molecule has 1 aromatic rings. The minimum Gasteiger partial charge on any atom is -0.461 e. The number of carbonyl (C=O) groups is 1. The zero-order chi connectivity index (χ0) is 8.97. The highest BCUT2D eigenvalue weighted by Crippen LogP contribution is 2.04. The summed E-state index contributed by atoms with van der Waals surface area (Å²) in [4.78, 5) is 17.9. The number of carbonyl (C=O) groups excluding carboxylic acids is 1. The van der Waals surface area contributed by atoms with Gasteiger partial charge in [-0.15, -0.1) is 0 Å². The molecule has 0 unspecified atom stereocenters. The van der Waals surface area contributed by atoms with Crippen molar-refractivity contribution in [2.45, 2.75) is 20.3 Å². The van der Waals surface area contributed by atoms with E-state index in [1.54, 1.807) is 6.92 Å². The third kappa shape index (κ3) is 1.64. The van der Waals surface area contributed by atoms with Crippen molar-refractivity contribution in [2.75, 3.05) is 6.61 Å². The summed E-state index contributed by atoms with van der Waals surface area (Å²) in [6, 6.07) is 0. The van der Waals surface area contributed by atoms with Gasteiger partial charge in [-0.1, -0.05) is 6.92 Å². The van der Waals surface area contributed by atoms with Crippen LogP contribution in [0.4, 0.5) is 0 Å². The second kappa shape index (κ2) is 3.90. The molecule has 0 aromatic carbocycles. The van der Waals surface area contributed by atoms with E-state index in [4.69, 9.17) is 4.74 Å². The van der Waals surface area contributed by atoms with Crippen molar-refractivity contribution < 1.29 is 9.53 Å². The molecular weight excluding hydrogens is 156 g/mol. The van der Waals surface area contributed by atoms with Crippen LogP contribution in [-0.2, 0) is 11.2 Å². The molecule has 1 aromatic heterocycles. The fraction of sp³-hybridized carbons (Fsp3) is 0.500. The Kier molecular flexibility index (Phi) is 2.85. The minimum atomic E-state index is -0.351. The second-order valence-corrected chi connectivity index (χ2v) is 2.30. The molecule has 0 saturated carbocycles. The van der Waals surface area contributed by atoms with Gasteiger partial charge in [0.2, 0.25) is 0 Å². The fourth-order valence-electron chi connectivity index (χ4n) is 0.966. The number of nitrogens with zero attached hydrogens (tertiary/aromatic N) is 1. The predicted octanol–water partition coefficient (Wildman–Crippen LogP) is 1.15. The molecule has 0 aliphatic heterocycles. The Bertz CT molecular complexity index is 268. The minimum absolute atomic E-state index is 0.351. The number of H-pyrrole nitrogens is 1. The average Bonchev–Trinajstić information content (AvgIpc) is 2.51. The van der Waals surface area contributed by atoms with E-state index < -0.39 is 0 Å². The van der Waals surface area contributed by atoms with Crippen LogP contribution in [0.15, 0.2) is 6.33 Å². The van der Waals surface area contributed by atoms with Gasteiger partial charge in [-0.3, -0.25) is 0 Å². The van der Waals surface area contributed by atoms with Gasteiger partial charge in [-0.25, -0.2) is 9.78 Å². The van der Waals surface area contributed by atoms with Crippen molar-refractivity contribution in [3.63, 3.8) is 0 Å². The van der Waals surface area contributed by atoms with Crippen LogP contribution in [0.1, 0.15) is 30.0 Å². The van der Waals surface area contributed by atoms with Gasteiger partial charge in [0.25, 0.3) is 0 Å². The predicted molar refractivity (Wildman–Crippen MR) is 43.9 cm³/mol. The van der Waals surface area contributed by atoms with Crippen LogP contribution in [0.2, 0.25) is 0 Å². The molecule has 0 amide bonds. The zero-order valence-corrected chi connectivity index (χ0v) is 7.26. The van der Waals surface area contributed by atoms with E-state index in [1.165, 1.54) is 6.33 Å². The lowest BCUT2D eigenvalue weighted by Gasteiger charge is -1.99. The maximum atomic E-state index is 11.2. The Morgan fingerprint density at radius 2 is 2.42 bits per heavy atom. The Hall–Kier alpha value is -1.32. The van der Waals surface area contributed by atoms with Gasteiger partial charge in [0.1, 0.15) is 0 Å². The normalized spacial score (nSPS) is 9.83. The topological polar surface area (TPSA) is 55.0 Å². The number of imidazole rings is 1. The lowest BCUT2D eigenvalue weighted by molar-refractivity contribution is 0.0519. The Balaban J connectivity index is 2.79. The molecule has 0 saturated heterocycles. The van der Waals surface area contributed by atoms with Crippen molar-refractivity contribution in [2.24, 2.45) is 0 Å². The quantitative estimate of drug-likeness (QED) is 0.689. The number of esters is 1. The van der Waals surface area contributed by atoms with Crippen molar-refractivity contribution >= 4 is 5.97 Å². The number of hydrogen-bond acceptors (Lipinski definition) is 3. The standard InChI is InChI=1S/C8H12N2O2/c1-3-6-7(10-5-9-6)8(11)12-4-2/h5H,3-4H2,1-2H3,(H,9,10). The molecule has 0 bridgehead atoms. The van der Waals surface area contributed by atoms with E-state index in [0.29, 0.717) is 12.3 Å². The summed E-state index contributed by atoms with van der Waals surface area (Å²) in [6.45, 7) is 4.11. The first-order chi connectivity index (χ1) is 5.79. The number of aromatic amines is 1. The van der Waals surface area contributed by atoms with E-state index >= 15 is 0 Å². The first-order valence-electron chi connectivity index (χ1n) is 3.99. The number of hydrogen-bond donors (Lipinski definition) is 1. The van der Waals surface area contributed by atoms with Crippen LogP contribution in [0.5, 0.6) is 0 Å². The molecule has 0 fully saturated rings. The largest absolute Gasteiger partial charge is 0.461 e. The summed E-state index contributed by atoms with van der Waals surface area (Å²) < 4.78 is 4.81. The van der Waals surface area contributed by atoms with Crippen LogP contribution in [-0.4, -0.2) is 22.5 Å². The van der Waals surface area contributed by atoms with Gasteiger partial charge >= 0.3 is 5.97 Å². The molecule has 0 atom stereocenters. The Morgan fingerprint density at radius 3 is 3.00 bits per heavy atom. The van der Waals surface area contributed by atoms with Gasteiger partial charge in [0.15, 0.2) is 5.69 Å². The second-order valence-electron chi connectivity index (χ2n) is 2.30. The SMILES string of the molecule is CCOC(=O)c1nc[nH]c1CC. The maximum Gasteiger partial charge on any atom is 0.358 e. The van der Waals surface area contributed by atoms with Crippen LogP contribution >= 0.6 is 0 Å². The van der Waals surface area contributed by atoms with E-state index in [2.05, 4.69) is 9.97 Å². The van der Waals surface area contributed by atoms with Gasteiger partial charge in [-0.05, 0) is 13.3 Å². The highest BCUT2D eigenvalue weighted by Gasteiger charge is 2.13. The summed E-state index contributed by atoms with van der Waals surface area (Å²) in [6.07, 6.45) is 2.26. The van der Waals surface area contributed by atoms with E-state index in [9.17, 15) is 4.79 Å². The van der Waals surface area contributed by atoms with Gasteiger partial charge in [0.05, 0.1) is 12.9 Å². The lowest BCUT2D eigenvalue weighted by atomic mass is 10.3. The molecule has 0 radical (unpaired) electrons. The van der Waals surface area contributed by atoms with Gasteiger partial charge in [-0.2, -0.15) is 0 Å². The number of rotatable bonds is 3. The molecule has 0 spiro atoms. The summed E-state index contributed by atoms with van der Waals surface area (Å²) in [5.74, 6) is -0.351. The van der Waals surface area contributed by atoms with Crippen molar-refractivity contribution in [1.29, 1.82) is 0 Å². The summed E-state index contributed by atoms with van der Waals surface area (Å²) in [7, 11) is 0. The molecule has 0 aliphatic rings. The Labute approximate surface area is 71.0 Å². The van der Waals surface area contributed by atoms with E-state index in [-0.39, 0.29) is 5.97 Å². The summed E-state index contributed by atoms with van der Waals surface area (Å²) >= 11 is 0. The zero-order valence-electron chi connectivity index (χ0n) is 7.26. The highest BCUT2D eigenvalue weighted by molar-refractivity contribution is 5.88. The van der Waals surface area contributed by atoms with E-state index in [0.717, 1.165) is 12.1 Å².